The van der Waals surface area contributed by atoms with E-state index in [0.29, 0.717) is 11.2 Å². The van der Waals surface area contributed by atoms with Crippen LogP contribution in [0, 0.1) is 5.82 Å². The van der Waals surface area contributed by atoms with Gasteiger partial charge in [0.05, 0.1) is 17.0 Å². The molecule has 0 N–H and O–H groups in total. The van der Waals surface area contributed by atoms with Crippen LogP contribution in [0.5, 0.6) is 5.75 Å². The molecule has 136 valence electrons. The Labute approximate surface area is 188 Å². The first-order chi connectivity index (χ1) is 13.6. The summed E-state index contributed by atoms with van der Waals surface area (Å²) < 4.78 is 19.5. The Morgan fingerprint density at radius 3 is 2.55 bits per heavy atom. The molecule has 1 aromatic heterocycles. The number of aromatic nitrogens is 1. The van der Waals surface area contributed by atoms with Crippen LogP contribution in [-0.2, 0) is 6.61 Å². The van der Waals surface area contributed by atoms with Gasteiger partial charge in [0.1, 0.15) is 18.1 Å². The Hall–Kier alpha value is -2.73. The van der Waals surface area contributed by atoms with Crippen LogP contribution in [0.15, 0.2) is 66.7 Å². The van der Waals surface area contributed by atoms with E-state index >= 15 is 0 Å². The SMILES string of the molecule is O=C([O-])c1c2c(nc3ccc(F)cc13)-c1ccc(-c3ccccc3)cc1CO2.[Na+]. The minimum Gasteiger partial charge on any atom is -0.545 e. The molecule has 4 aromatic rings. The Balaban J connectivity index is 0.00000205. The zero-order valence-corrected chi connectivity index (χ0v) is 17.6. The molecule has 0 fully saturated rings. The van der Waals surface area contributed by atoms with Gasteiger partial charge in [0.2, 0.25) is 0 Å². The van der Waals surface area contributed by atoms with E-state index in [0.717, 1.165) is 28.3 Å². The van der Waals surface area contributed by atoms with E-state index < -0.39 is 11.8 Å². The molecule has 5 rings (SSSR count). The number of halogens is 1. The Morgan fingerprint density at radius 1 is 1.00 bits per heavy atom. The van der Waals surface area contributed by atoms with Gasteiger partial charge in [-0.05, 0) is 41.0 Å². The minimum absolute atomic E-state index is 0. The molecule has 1 aliphatic heterocycles. The Kier molecular flexibility index (Phi) is 5.13. The number of carboxylic acid groups (broad SMARTS) is 1. The van der Waals surface area contributed by atoms with E-state index in [9.17, 15) is 14.3 Å². The molecule has 3 aromatic carbocycles. The van der Waals surface area contributed by atoms with E-state index in [4.69, 9.17) is 4.74 Å². The summed E-state index contributed by atoms with van der Waals surface area (Å²) in [6.45, 7) is 0.200. The second kappa shape index (κ2) is 7.59. The van der Waals surface area contributed by atoms with Gasteiger partial charge < -0.3 is 14.6 Å². The van der Waals surface area contributed by atoms with Crippen molar-refractivity contribution in [3.63, 3.8) is 0 Å². The number of fused-ring (bicyclic) bond motifs is 4. The van der Waals surface area contributed by atoms with Gasteiger partial charge in [-0.25, -0.2) is 9.37 Å². The number of hydrogen-bond donors (Lipinski definition) is 0. The van der Waals surface area contributed by atoms with Crippen LogP contribution in [0.25, 0.3) is 33.3 Å². The van der Waals surface area contributed by atoms with E-state index in [1.165, 1.54) is 12.1 Å². The van der Waals surface area contributed by atoms with Crippen molar-refractivity contribution in [3.05, 3.63) is 83.7 Å². The van der Waals surface area contributed by atoms with Crippen molar-refractivity contribution < 1.29 is 48.6 Å². The molecule has 0 bridgehead atoms. The molecule has 6 heteroatoms. The molecule has 0 amide bonds. The van der Waals surface area contributed by atoms with Gasteiger partial charge in [-0.2, -0.15) is 0 Å². The molecule has 4 nitrogen and oxygen atoms in total. The maximum absolute atomic E-state index is 13.7. The number of rotatable bonds is 2. The zero-order chi connectivity index (χ0) is 19.3. The van der Waals surface area contributed by atoms with Crippen molar-refractivity contribution >= 4 is 16.9 Å². The van der Waals surface area contributed by atoms with Crippen LogP contribution in [0.4, 0.5) is 4.39 Å². The predicted octanol–water partition coefficient (Wildman–Crippen LogP) is 0.968. The maximum Gasteiger partial charge on any atom is 1.00 e. The number of benzene rings is 3. The summed E-state index contributed by atoms with van der Waals surface area (Å²) in [7, 11) is 0. The molecule has 0 aliphatic carbocycles. The third-order valence-corrected chi connectivity index (χ3v) is 4.95. The number of aromatic carboxylic acids is 1. The van der Waals surface area contributed by atoms with E-state index in [-0.39, 0.29) is 52.9 Å². The number of carbonyl (C=O) groups excluding carboxylic acids is 1. The van der Waals surface area contributed by atoms with Gasteiger partial charge in [0.25, 0.3) is 0 Å². The van der Waals surface area contributed by atoms with Crippen molar-refractivity contribution in [2.24, 2.45) is 0 Å². The quantitative estimate of drug-likeness (QED) is 0.476. The minimum atomic E-state index is -1.42. The number of nitrogens with zero attached hydrogens (tertiary/aromatic N) is 1. The third-order valence-electron chi connectivity index (χ3n) is 4.95. The van der Waals surface area contributed by atoms with Crippen LogP contribution in [-0.4, -0.2) is 11.0 Å². The third kappa shape index (κ3) is 3.31. The zero-order valence-electron chi connectivity index (χ0n) is 15.6. The molecular formula is C23H13FNNaO3. The molecule has 0 radical (unpaired) electrons. The summed E-state index contributed by atoms with van der Waals surface area (Å²) in [6, 6.07) is 19.7. The summed E-state index contributed by atoms with van der Waals surface area (Å²) in [5.74, 6) is -1.84. The van der Waals surface area contributed by atoms with Crippen molar-refractivity contribution in [3.8, 4) is 28.1 Å². The van der Waals surface area contributed by atoms with Crippen LogP contribution in [0.1, 0.15) is 15.9 Å². The van der Waals surface area contributed by atoms with Crippen LogP contribution >= 0.6 is 0 Å². The number of carboxylic acids is 1. The molecule has 0 spiro atoms. The van der Waals surface area contributed by atoms with Crippen molar-refractivity contribution in [2.45, 2.75) is 6.61 Å². The first kappa shape index (κ1) is 19.6. The number of carbonyl (C=O) groups is 1. The molecule has 0 atom stereocenters. The van der Waals surface area contributed by atoms with E-state index in [1.54, 1.807) is 0 Å². The average molecular weight is 393 g/mol. The van der Waals surface area contributed by atoms with Gasteiger partial charge in [-0.15, -0.1) is 0 Å². The molecule has 2 heterocycles. The first-order valence-corrected chi connectivity index (χ1v) is 8.78. The van der Waals surface area contributed by atoms with Gasteiger partial charge in [-0.3, -0.25) is 0 Å². The number of hydrogen-bond acceptors (Lipinski definition) is 4. The second-order valence-corrected chi connectivity index (χ2v) is 6.64. The molecule has 29 heavy (non-hydrogen) atoms. The van der Waals surface area contributed by atoms with Crippen molar-refractivity contribution in [1.29, 1.82) is 0 Å². The fourth-order valence-electron chi connectivity index (χ4n) is 3.65. The van der Waals surface area contributed by atoms with Crippen molar-refractivity contribution in [2.75, 3.05) is 0 Å². The molecular weight excluding hydrogens is 380 g/mol. The van der Waals surface area contributed by atoms with Gasteiger partial charge in [0, 0.05) is 10.9 Å². The smallest absolute Gasteiger partial charge is 0.545 e. The first-order valence-electron chi connectivity index (χ1n) is 8.78. The van der Waals surface area contributed by atoms with Gasteiger partial charge in [0.15, 0.2) is 5.75 Å². The normalized spacial score (nSPS) is 11.8. The van der Waals surface area contributed by atoms with Crippen LogP contribution < -0.4 is 39.4 Å². The molecule has 0 saturated heterocycles. The fraction of sp³-hybridized carbons (Fsp3) is 0.0435. The van der Waals surface area contributed by atoms with E-state index in [2.05, 4.69) is 4.98 Å². The largest absolute Gasteiger partial charge is 1.00 e. The van der Waals surface area contributed by atoms with Gasteiger partial charge in [-0.1, -0.05) is 42.5 Å². The van der Waals surface area contributed by atoms with Crippen LogP contribution in [0.3, 0.4) is 0 Å². The molecule has 0 unspecified atom stereocenters. The molecule has 0 saturated carbocycles. The Bertz CT molecular complexity index is 1260. The average Bonchev–Trinajstić information content (AvgIpc) is 2.72. The topological polar surface area (TPSA) is 62.2 Å². The van der Waals surface area contributed by atoms with Crippen molar-refractivity contribution in [1.82, 2.24) is 4.98 Å². The van der Waals surface area contributed by atoms with Crippen LogP contribution in [0.2, 0.25) is 0 Å². The standard InChI is InChI=1S/C23H14FNO3.Na/c24-16-7-9-19-18(11-16)20(23(26)27)22-21(25-19)17-8-6-14(10-15(17)12-28-22)13-4-2-1-3-5-13;/h1-11H,12H2,(H,26,27);/q;+1/p-1. The summed E-state index contributed by atoms with van der Waals surface area (Å²) in [4.78, 5) is 16.4. The molecule has 1 aliphatic rings. The van der Waals surface area contributed by atoms with E-state index in [1.807, 2.05) is 48.5 Å². The van der Waals surface area contributed by atoms with Gasteiger partial charge >= 0.3 is 29.6 Å². The number of ether oxygens (including phenoxy) is 1. The summed E-state index contributed by atoms with van der Waals surface area (Å²) >= 11 is 0. The fourth-order valence-corrected chi connectivity index (χ4v) is 3.65. The number of pyridine rings is 1. The summed E-state index contributed by atoms with van der Waals surface area (Å²) in [5, 5.41) is 12.0. The predicted molar refractivity (Wildman–Crippen MR) is 101 cm³/mol. The summed E-state index contributed by atoms with van der Waals surface area (Å²) in [6.07, 6.45) is 0. The summed E-state index contributed by atoms with van der Waals surface area (Å²) in [5.41, 5.74) is 4.46. The maximum atomic E-state index is 13.7. The second-order valence-electron chi connectivity index (χ2n) is 6.64. The Morgan fingerprint density at radius 2 is 1.79 bits per heavy atom. The monoisotopic (exact) mass is 393 g/mol.